The zero-order chi connectivity index (χ0) is 20.9. The van der Waals surface area contributed by atoms with Crippen LogP contribution in [0.3, 0.4) is 0 Å². The first-order valence-electron chi connectivity index (χ1n) is 11.0. The van der Waals surface area contributed by atoms with Crippen molar-refractivity contribution in [1.82, 2.24) is 9.80 Å². The molecular weight excluding hydrogens is 384 g/mol. The number of aryl methyl sites for hydroxylation is 1. The molecule has 0 N–H and O–H groups in total. The number of hydrogen-bond donors (Lipinski definition) is 0. The molecule has 1 fully saturated rings. The van der Waals surface area contributed by atoms with Crippen LogP contribution in [0.15, 0.2) is 88.7 Å². The normalized spacial score (nSPS) is 16.7. The predicted octanol–water partition coefficient (Wildman–Crippen LogP) is 6.26. The summed E-state index contributed by atoms with van der Waals surface area (Å²) >= 11 is 1.83. The van der Waals surface area contributed by atoms with Gasteiger partial charge in [-0.2, -0.15) is 0 Å². The van der Waals surface area contributed by atoms with E-state index in [-0.39, 0.29) is 0 Å². The standard InChI is InChI=1S/C27H32N2S/c1-21(2)28-17-19-29(20-18-28)27(23-7-5-4-6-8-23)24-11-15-26(16-12-24)30-25-13-9-22(3)10-14-25/h4-16,21,27H,17-20H2,1-3H3. The Morgan fingerprint density at radius 2 is 1.13 bits per heavy atom. The second-order valence-electron chi connectivity index (χ2n) is 8.46. The SMILES string of the molecule is Cc1ccc(Sc2ccc(C(c3ccccc3)N3CCN(C(C)C)CC3)cc2)cc1. The Morgan fingerprint density at radius 3 is 1.70 bits per heavy atom. The summed E-state index contributed by atoms with van der Waals surface area (Å²) in [6, 6.07) is 29.9. The van der Waals surface area contributed by atoms with E-state index in [0.717, 1.165) is 26.2 Å². The number of benzene rings is 3. The Kier molecular flexibility index (Phi) is 6.93. The second-order valence-corrected chi connectivity index (χ2v) is 9.61. The fourth-order valence-corrected chi connectivity index (χ4v) is 5.04. The summed E-state index contributed by atoms with van der Waals surface area (Å²) in [5, 5.41) is 0. The smallest absolute Gasteiger partial charge is 0.0602 e. The van der Waals surface area contributed by atoms with Crippen molar-refractivity contribution in [2.45, 2.75) is 42.6 Å². The summed E-state index contributed by atoms with van der Waals surface area (Å²) in [5.41, 5.74) is 4.07. The minimum Gasteiger partial charge on any atom is -0.298 e. The van der Waals surface area contributed by atoms with Crippen molar-refractivity contribution < 1.29 is 0 Å². The van der Waals surface area contributed by atoms with E-state index in [1.807, 2.05) is 11.8 Å². The molecule has 0 saturated carbocycles. The van der Waals surface area contributed by atoms with E-state index >= 15 is 0 Å². The van der Waals surface area contributed by atoms with Crippen LogP contribution in [-0.4, -0.2) is 42.0 Å². The highest BCUT2D eigenvalue weighted by atomic mass is 32.2. The molecule has 3 aromatic rings. The number of rotatable bonds is 6. The first-order valence-corrected chi connectivity index (χ1v) is 11.8. The lowest BCUT2D eigenvalue weighted by Crippen LogP contribution is -2.49. The highest BCUT2D eigenvalue weighted by molar-refractivity contribution is 7.99. The van der Waals surface area contributed by atoms with Crippen molar-refractivity contribution in [2.24, 2.45) is 0 Å². The molecule has 2 nitrogen and oxygen atoms in total. The number of piperazine rings is 1. The van der Waals surface area contributed by atoms with Gasteiger partial charge in [-0.15, -0.1) is 0 Å². The summed E-state index contributed by atoms with van der Waals surface area (Å²) in [5.74, 6) is 0. The zero-order valence-corrected chi connectivity index (χ0v) is 19.1. The molecule has 1 atom stereocenters. The monoisotopic (exact) mass is 416 g/mol. The molecule has 156 valence electrons. The molecule has 30 heavy (non-hydrogen) atoms. The predicted molar refractivity (Wildman–Crippen MR) is 128 cm³/mol. The van der Waals surface area contributed by atoms with Gasteiger partial charge >= 0.3 is 0 Å². The molecule has 1 unspecified atom stereocenters. The van der Waals surface area contributed by atoms with E-state index in [2.05, 4.69) is 109 Å². The Morgan fingerprint density at radius 1 is 0.633 bits per heavy atom. The van der Waals surface area contributed by atoms with Gasteiger partial charge in [0.1, 0.15) is 0 Å². The second kappa shape index (κ2) is 9.82. The Bertz CT molecular complexity index is 911. The summed E-state index contributed by atoms with van der Waals surface area (Å²) in [6.45, 7) is 11.2. The number of nitrogens with zero attached hydrogens (tertiary/aromatic N) is 2. The van der Waals surface area contributed by atoms with E-state index in [9.17, 15) is 0 Å². The maximum absolute atomic E-state index is 2.65. The summed E-state index contributed by atoms with van der Waals surface area (Å²) in [7, 11) is 0. The van der Waals surface area contributed by atoms with Crippen molar-refractivity contribution in [3.05, 3.63) is 95.6 Å². The summed E-state index contributed by atoms with van der Waals surface area (Å²) < 4.78 is 0. The van der Waals surface area contributed by atoms with Gasteiger partial charge in [-0.3, -0.25) is 9.80 Å². The van der Waals surface area contributed by atoms with Gasteiger partial charge < -0.3 is 0 Å². The quantitative estimate of drug-likeness (QED) is 0.468. The highest BCUT2D eigenvalue weighted by Gasteiger charge is 2.27. The van der Waals surface area contributed by atoms with E-state index in [1.54, 1.807) is 0 Å². The Balaban J connectivity index is 1.54. The molecule has 0 spiro atoms. The van der Waals surface area contributed by atoms with Crippen LogP contribution in [0.1, 0.15) is 36.6 Å². The fourth-order valence-electron chi connectivity index (χ4n) is 4.22. The molecule has 0 amide bonds. The largest absolute Gasteiger partial charge is 0.298 e. The van der Waals surface area contributed by atoms with Crippen LogP contribution in [0.25, 0.3) is 0 Å². The molecule has 0 aliphatic carbocycles. The van der Waals surface area contributed by atoms with Crippen molar-refractivity contribution >= 4 is 11.8 Å². The fraction of sp³-hybridized carbons (Fsp3) is 0.333. The highest BCUT2D eigenvalue weighted by Crippen LogP contribution is 2.33. The van der Waals surface area contributed by atoms with Gasteiger partial charge in [-0.1, -0.05) is 71.9 Å². The Labute approximate surface area is 185 Å². The van der Waals surface area contributed by atoms with Crippen LogP contribution in [0.4, 0.5) is 0 Å². The molecule has 1 aliphatic heterocycles. The van der Waals surface area contributed by atoms with Gasteiger partial charge in [0, 0.05) is 42.0 Å². The van der Waals surface area contributed by atoms with Crippen LogP contribution in [0.2, 0.25) is 0 Å². The van der Waals surface area contributed by atoms with Gasteiger partial charge in [-0.05, 0) is 56.2 Å². The average molecular weight is 417 g/mol. The lowest BCUT2D eigenvalue weighted by molar-refractivity contribution is 0.0892. The maximum atomic E-state index is 2.65. The zero-order valence-electron chi connectivity index (χ0n) is 18.3. The lowest BCUT2D eigenvalue weighted by atomic mass is 9.96. The molecule has 0 bridgehead atoms. The molecule has 0 aromatic heterocycles. The van der Waals surface area contributed by atoms with Crippen LogP contribution in [0.5, 0.6) is 0 Å². The van der Waals surface area contributed by atoms with E-state index < -0.39 is 0 Å². The average Bonchev–Trinajstić information content (AvgIpc) is 2.78. The maximum Gasteiger partial charge on any atom is 0.0602 e. The molecule has 4 rings (SSSR count). The third kappa shape index (κ3) is 5.15. The first-order chi connectivity index (χ1) is 14.6. The van der Waals surface area contributed by atoms with Crippen LogP contribution in [0, 0.1) is 6.92 Å². The van der Waals surface area contributed by atoms with Crippen molar-refractivity contribution in [3.8, 4) is 0 Å². The molecule has 3 aromatic carbocycles. The summed E-state index contributed by atoms with van der Waals surface area (Å²) in [6.07, 6.45) is 0. The van der Waals surface area contributed by atoms with Crippen LogP contribution < -0.4 is 0 Å². The van der Waals surface area contributed by atoms with Gasteiger partial charge in [0.05, 0.1) is 6.04 Å². The van der Waals surface area contributed by atoms with Crippen LogP contribution >= 0.6 is 11.8 Å². The van der Waals surface area contributed by atoms with Gasteiger partial charge in [0.15, 0.2) is 0 Å². The molecule has 1 aliphatic rings. The van der Waals surface area contributed by atoms with Crippen molar-refractivity contribution in [3.63, 3.8) is 0 Å². The number of hydrogen-bond acceptors (Lipinski definition) is 3. The molecule has 0 radical (unpaired) electrons. The molecular formula is C27H32N2S. The van der Waals surface area contributed by atoms with Crippen molar-refractivity contribution in [1.29, 1.82) is 0 Å². The molecule has 3 heteroatoms. The van der Waals surface area contributed by atoms with Gasteiger partial charge in [0.2, 0.25) is 0 Å². The third-order valence-electron chi connectivity index (χ3n) is 6.01. The lowest BCUT2D eigenvalue weighted by Gasteiger charge is -2.41. The van der Waals surface area contributed by atoms with Gasteiger partial charge in [0.25, 0.3) is 0 Å². The summed E-state index contributed by atoms with van der Waals surface area (Å²) in [4.78, 5) is 7.81. The third-order valence-corrected chi connectivity index (χ3v) is 7.03. The van der Waals surface area contributed by atoms with Crippen LogP contribution in [-0.2, 0) is 0 Å². The minimum absolute atomic E-state index is 0.318. The van der Waals surface area contributed by atoms with Gasteiger partial charge in [-0.25, -0.2) is 0 Å². The molecule has 1 heterocycles. The topological polar surface area (TPSA) is 6.48 Å². The van der Waals surface area contributed by atoms with E-state index in [4.69, 9.17) is 0 Å². The van der Waals surface area contributed by atoms with E-state index in [1.165, 1.54) is 26.5 Å². The molecule has 1 saturated heterocycles. The Hall–Kier alpha value is -2.07. The van der Waals surface area contributed by atoms with E-state index in [0.29, 0.717) is 12.1 Å². The van der Waals surface area contributed by atoms with Crippen molar-refractivity contribution in [2.75, 3.05) is 26.2 Å². The minimum atomic E-state index is 0.318. The first kappa shape index (κ1) is 21.2.